The third kappa shape index (κ3) is 4.72. The van der Waals surface area contributed by atoms with E-state index in [1.54, 1.807) is 40.5 Å². The van der Waals surface area contributed by atoms with E-state index in [1.807, 2.05) is 0 Å². The Morgan fingerprint density at radius 2 is 1.85 bits per heavy atom. The van der Waals surface area contributed by atoms with Gasteiger partial charge in [0.05, 0.1) is 4.90 Å². The molecular weight excluding hydrogens is 442 g/mol. The van der Waals surface area contributed by atoms with Crippen molar-refractivity contribution in [2.24, 2.45) is 5.92 Å². The van der Waals surface area contributed by atoms with E-state index in [4.69, 9.17) is 4.74 Å². The number of nitrogens with one attached hydrogen (secondary N) is 1. The quantitative estimate of drug-likeness (QED) is 0.638. The topological polar surface area (TPSA) is 96.0 Å². The van der Waals surface area contributed by atoms with E-state index in [-0.39, 0.29) is 28.7 Å². The Morgan fingerprint density at radius 3 is 2.42 bits per heavy atom. The van der Waals surface area contributed by atoms with Gasteiger partial charge in [-0.1, -0.05) is 6.58 Å². The predicted molar refractivity (Wildman–Crippen MR) is 125 cm³/mol. The minimum absolute atomic E-state index is 0.0333. The van der Waals surface area contributed by atoms with Gasteiger partial charge in [-0.05, 0) is 75.3 Å². The van der Waals surface area contributed by atoms with Crippen molar-refractivity contribution in [3.63, 3.8) is 0 Å². The van der Waals surface area contributed by atoms with E-state index in [2.05, 4.69) is 11.9 Å². The van der Waals surface area contributed by atoms with Gasteiger partial charge in [-0.15, -0.1) is 0 Å². The number of hydrogen-bond acceptors (Lipinski definition) is 5. The standard InChI is InChI=1S/C24H33N3O5S/c1-3-22(28)25-19-9-14-27(24(17-19)12-4-13-24)33(30,31)21-7-5-20(6-8-21)26(2)23(29)18-10-15-32-16-11-18/h3,5-8,18-19H,1,4,9-17H2,2H3,(H,25,28). The molecule has 4 rings (SSSR count). The molecule has 2 amide bonds. The van der Waals surface area contributed by atoms with Crippen LogP contribution in [0.25, 0.3) is 0 Å². The minimum Gasteiger partial charge on any atom is -0.381 e. The van der Waals surface area contributed by atoms with Gasteiger partial charge in [0, 0.05) is 50.0 Å². The van der Waals surface area contributed by atoms with Crippen molar-refractivity contribution in [3.8, 4) is 0 Å². The van der Waals surface area contributed by atoms with E-state index < -0.39 is 15.6 Å². The van der Waals surface area contributed by atoms with Crippen LogP contribution in [-0.4, -0.2) is 62.9 Å². The van der Waals surface area contributed by atoms with Gasteiger partial charge in [-0.25, -0.2) is 8.42 Å². The zero-order valence-corrected chi connectivity index (χ0v) is 20.0. The molecule has 1 atom stereocenters. The number of amides is 2. The number of nitrogens with zero attached hydrogens (tertiary/aromatic N) is 2. The fourth-order valence-corrected chi connectivity index (χ4v) is 7.13. The lowest BCUT2D eigenvalue weighted by molar-refractivity contribution is -0.124. The average Bonchev–Trinajstić information content (AvgIpc) is 2.82. The molecule has 3 fully saturated rings. The zero-order chi connectivity index (χ0) is 23.6. The minimum atomic E-state index is -3.69. The first-order valence-corrected chi connectivity index (χ1v) is 13.1. The van der Waals surface area contributed by atoms with Crippen molar-refractivity contribution >= 4 is 27.5 Å². The maximum atomic E-state index is 13.6. The van der Waals surface area contributed by atoms with Crippen molar-refractivity contribution in [2.45, 2.75) is 61.4 Å². The van der Waals surface area contributed by atoms with E-state index in [0.29, 0.717) is 51.1 Å². The number of ether oxygens (including phenoxy) is 1. The molecule has 1 saturated carbocycles. The molecule has 1 aliphatic carbocycles. The van der Waals surface area contributed by atoms with Crippen molar-refractivity contribution in [1.29, 1.82) is 0 Å². The number of carbonyl (C=O) groups excluding carboxylic acids is 2. The van der Waals surface area contributed by atoms with Gasteiger partial charge in [-0.2, -0.15) is 4.31 Å². The molecule has 9 heteroatoms. The molecule has 1 aromatic carbocycles. The lowest BCUT2D eigenvalue weighted by atomic mass is 9.70. The van der Waals surface area contributed by atoms with Crippen molar-refractivity contribution in [1.82, 2.24) is 9.62 Å². The zero-order valence-electron chi connectivity index (χ0n) is 19.2. The third-order valence-corrected chi connectivity index (χ3v) is 9.38. The van der Waals surface area contributed by atoms with Gasteiger partial charge in [0.25, 0.3) is 0 Å². The van der Waals surface area contributed by atoms with Crippen LogP contribution in [-0.2, 0) is 24.3 Å². The van der Waals surface area contributed by atoms with Crippen LogP contribution in [0.15, 0.2) is 41.8 Å². The smallest absolute Gasteiger partial charge is 0.243 e. The van der Waals surface area contributed by atoms with Crippen LogP contribution < -0.4 is 10.2 Å². The number of rotatable bonds is 6. The molecule has 0 bridgehead atoms. The summed E-state index contributed by atoms with van der Waals surface area (Å²) in [6.07, 6.45) is 6.43. The molecular formula is C24H33N3O5S. The number of benzene rings is 1. The van der Waals surface area contributed by atoms with Gasteiger partial charge in [0.1, 0.15) is 0 Å². The van der Waals surface area contributed by atoms with Crippen LogP contribution in [0.2, 0.25) is 0 Å². The highest BCUT2D eigenvalue weighted by molar-refractivity contribution is 7.89. The molecule has 33 heavy (non-hydrogen) atoms. The first-order valence-electron chi connectivity index (χ1n) is 11.7. The Labute approximate surface area is 196 Å². The lowest BCUT2D eigenvalue weighted by Gasteiger charge is -2.54. The summed E-state index contributed by atoms with van der Waals surface area (Å²) < 4.78 is 34.1. The number of anilines is 1. The second kappa shape index (κ2) is 9.56. The Morgan fingerprint density at radius 1 is 1.18 bits per heavy atom. The van der Waals surface area contributed by atoms with Crippen LogP contribution in [0.3, 0.4) is 0 Å². The monoisotopic (exact) mass is 475 g/mol. The highest BCUT2D eigenvalue weighted by atomic mass is 32.2. The number of piperidine rings is 1. The van der Waals surface area contributed by atoms with Gasteiger partial charge < -0.3 is 15.0 Å². The summed E-state index contributed by atoms with van der Waals surface area (Å²) in [5.74, 6) is -0.250. The van der Waals surface area contributed by atoms with Crippen LogP contribution in [0.5, 0.6) is 0 Å². The second-order valence-corrected chi connectivity index (χ2v) is 11.2. The van der Waals surface area contributed by atoms with Gasteiger partial charge in [-0.3, -0.25) is 9.59 Å². The molecule has 1 spiro atoms. The van der Waals surface area contributed by atoms with Gasteiger partial charge in [0.15, 0.2) is 0 Å². The van der Waals surface area contributed by atoms with E-state index >= 15 is 0 Å². The highest BCUT2D eigenvalue weighted by Gasteiger charge is 2.51. The van der Waals surface area contributed by atoms with E-state index in [1.165, 1.54) is 6.08 Å². The summed E-state index contributed by atoms with van der Waals surface area (Å²) in [5, 5.41) is 2.94. The number of carbonyl (C=O) groups is 2. The second-order valence-electron chi connectivity index (χ2n) is 9.34. The van der Waals surface area contributed by atoms with Crippen molar-refractivity contribution in [2.75, 3.05) is 31.7 Å². The third-order valence-electron chi connectivity index (χ3n) is 7.37. The Balaban J connectivity index is 1.48. The van der Waals surface area contributed by atoms with E-state index in [0.717, 1.165) is 19.3 Å². The summed E-state index contributed by atoms with van der Waals surface area (Å²) in [5.41, 5.74) is 0.236. The molecule has 2 aliphatic heterocycles. The molecule has 0 radical (unpaired) electrons. The Kier molecular flexibility index (Phi) is 6.93. The highest BCUT2D eigenvalue weighted by Crippen LogP contribution is 2.47. The lowest BCUT2D eigenvalue weighted by Crippen LogP contribution is -2.63. The summed E-state index contributed by atoms with van der Waals surface area (Å²) >= 11 is 0. The Hall–Kier alpha value is -2.23. The Bertz CT molecular complexity index is 997. The maximum absolute atomic E-state index is 13.6. The number of sulfonamides is 1. The van der Waals surface area contributed by atoms with Crippen LogP contribution in [0.4, 0.5) is 5.69 Å². The van der Waals surface area contributed by atoms with Crippen LogP contribution in [0.1, 0.15) is 44.9 Å². The predicted octanol–water partition coefficient (Wildman–Crippen LogP) is 2.45. The summed E-state index contributed by atoms with van der Waals surface area (Å²) in [6, 6.07) is 6.55. The first-order chi connectivity index (χ1) is 15.8. The van der Waals surface area contributed by atoms with Crippen LogP contribution >= 0.6 is 0 Å². The fraction of sp³-hybridized carbons (Fsp3) is 0.583. The van der Waals surface area contributed by atoms with Crippen LogP contribution in [0, 0.1) is 5.92 Å². The normalized spacial score (nSPS) is 23.5. The summed E-state index contributed by atoms with van der Waals surface area (Å²) in [7, 11) is -1.96. The average molecular weight is 476 g/mol. The number of hydrogen-bond donors (Lipinski definition) is 1. The largest absolute Gasteiger partial charge is 0.381 e. The van der Waals surface area contributed by atoms with Gasteiger partial charge in [0.2, 0.25) is 21.8 Å². The molecule has 2 heterocycles. The molecule has 180 valence electrons. The molecule has 3 aliphatic rings. The first kappa shape index (κ1) is 23.9. The van der Waals surface area contributed by atoms with Crippen molar-refractivity contribution < 1.29 is 22.7 Å². The molecule has 1 aromatic rings. The van der Waals surface area contributed by atoms with Crippen molar-refractivity contribution in [3.05, 3.63) is 36.9 Å². The summed E-state index contributed by atoms with van der Waals surface area (Å²) in [4.78, 5) is 26.4. The fourth-order valence-electron chi connectivity index (χ4n) is 5.28. The SMILES string of the molecule is C=CC(=O)NC1CCN(S(=O)(=O)c2ccc(N(C)C(=O)C3CCOCC3)cc2)C2(CCC2)C1. The summed E-state index contributed by atoms with van der Waals surface area (Å²) in [6.45, 7) is 5.06. The molecule has 8 nitrogen and oxygen atoms in total. The molecule has 2 saturated heterocycles. The maximum Gasteiger partial charge on any atom is 0.243 e. The molecule has 0 aromatic heterocycles. The van der Waals surface area contributed by atoms with E-state index in [9.17, 15) is 18.0 Å². The molecule has 1 unspecified atom stereocenters. The van der Waals surface area contributed by atoms with Gasteiger partial charge >= 0.3 is 0 Å². The molecule has 1 N–H and O–H groups in total.